The van der Waals surface area contributed by atoms with E-state index < -0.39 is 0 Å². The van der Waals surface area contributed by atoms with E-state index in [0.29, 0.717) is 29.4 Å². The summed E-state index contributed by atoms with van der Waals surface area (Å²) in [5, 5.41) is 9.17. The zero-order valence-corrected chi connectivity index (χ0v) is 15.6. The first-order valence-electron chi connectivity index (χ1n) is 9.44. The second-order valence-corrected chi connectivity index (χ2v) is 7.22. The van der Waals surface area contributed by atoms with E-state index in [2.05, 4.69) is 26.3 Å². The third-order valence-electron chi connectivity index (χ3n) is 5.31. The van der Waals surface area contributed by atoms with Crippen molar-refractivity contribution in [3.8, 4) is 5.69 Å². The lowest BCUT2D eigenvalue weighted by Crippen LogP contribution is -2.25. The number of aryl methyl sites for hydroxylation is 1. The molecule has 0 bridgehead atoms. The van der Waals surface area contributed by atoms with Crippen LogP contribution in [-0.4, -0.2) is 41.0 Å². The van der Waals surface area contributed by atoms with E-state index in [0.717, 1.165) is 25.1 Å². The fourth-order valence-corrected chi connectivity index (χ4v) is 3.99. The van der Waals surface area contributed by atoms with Crippen molar-refractivity contribution < 1.29 is 0 Å². The van der Waals surface area contributed by atoms with Crippen LogP contribution in [0.2, 0.25) is 0 Å². The Kier molecular flexibility index (Phi) is 4.05. The van der Waals surface area contributed by atoms with Crippen LogP contribution in [0, 0.1) is 0 Å². The molecular formula is C20H21N7O. The van der Waals surface area contributed by atoms with Gasteiger partial charge in [0.1, 0.15) is 11.2 Å². The second kappa shape index (κ2) is 6.72. The molecule has 142 valence electrons. The average Bonchev–Trinajstić information content (AvgIpc) is 3.42. The summed E-state index contributed by atoms with van der Waals surface area (Å²) in [5.74, 6) is 0.658. The van der Waals surface area contributed by atoms with E-state index in [1.165, 1.54) is 5.56 Å². The van der Waals surface area contributed by atoms with Crippen LogP contribution in [0.1, 0.15) is 30.3 Å². The van der Waals surface area contributed by atoms with Crippen molar-refractivity contribution in [1.82, 2.24) is 34.4 Å². The molecule has 28 heavy (non-hydrogen) atoms. The minimum Gasteiger partial charge on any atom is -0.309 e. The van der Waals surface area contributed by atoms with Gasteiger partial charge in [0.2, 0.25) is 0 Å². The van der Waals surface area contributed by atoms with E-state index >= 15 is 0 Å². The number of H-pyrrole nitrogens is 1. The third kappa shape index (κ3) is 2.91. The molecule has 1 unspecified atom stereocenters. The maximum absolute atomic E-state index is 12.6. The highest BCUT2D eigenvalue weighted by molar-refractivity contribution is 5.75. The first-order chi connectivity index (χ1) is 13.7. The van der Waals surface area contributed by atoms with E-state index in [9.17, 15) is 4.79 Å². The zero-order chi connectivity index (χ0) is 19.1. The molecule has 1 aliphatic heterocycles. The van der Waals surface area contributed by atoms with Crippen LogP contribution in [0.5, 0.6) is 0 Å². The number of rotatable bonds is 4. The number of hydrogen-bond donors (Lipinski definition) is 1. The highest BCUT2D eigenvalue weighted by Gasteiger charge is 2.27. The largest absolute Gasteiger partial charge is 0.309 e. The van der Waals surface area contributed by atoms with Crippen molar-refractivity contribution in [3.63, 3.8) is 0 Å². The number of benzene rings is 1. The number of hydrogen-bond acceptors (Lipinski definition) is 5. The SMILES string of the molecule is Cn1cc(C2CCCN2Cc2nc3c(cnn3-c3ccccc3)c(=O)[nH]2)cn1. The number of likely N-dealkylation sites (tertiary alicyclic amines) is 1. The summed E-state index contributed by atoms with van der Waals surface area (Å²) in [6, 6.07) is 10.0. The molecule has 8 heteroatoms. The number of aromatic amines is 1. The van der Waals surface area contributed by atoms with E-state index in [1.54, 1.807) is 10.9 Å². The summed E-state index contributed by atoms with van der Waals surface area (Å²) in [6.45, 7) is 1.56. The Morgan fingerprint density at radius 1 is 1.18 bits per heavy atom. The van der Waals surface area contributed by atoms with Crippen molar-refractivity contribution in [3.05, 3.63) is 70.7 Å². The molecule has 5 rings (SSSR count). The highest BCUT2D eigenvalue weighted by Crippen LogP contribution is 2.32. The zero-order valence-electron chi connectivity index (χ0n) is 15.6. The second-order valence-electron chi connectivity index (χ2n) is 7.22. The number of nitrogens with one attached hydrogen (secondary N) is 1. The maximum atomic E-state index is 12.6. The fourth-order valence-electron chi connectivity index (χ4n) is 3.99. The molecule has 0 radical (unpaired) electrons. The summed E-state index contributed by atoms with van der Waals surface area (Å²) in [7, 11) is 1.93. The van der Waals surface area contributed by atoms with Crippen LogP contribution in [0.15, 0.2) is 53.7 Å². The van der Waals surface area contributed by atoms with Crippen molar-refractivity contribution in [2.24, 2.45) is 7.05 Å². The van der Waals surface area contributed by atoms with Gasteiger partial charge in [-0.1, -0.05) is 18.2 Å². The van der Waals surface area contributed by atoms with Gasteiger partial charge in [-0.2, -0.15) is 10.2 Å². The van der Waals surface area contributed by atoms with Gasteiger partial charge in [0.15, 0.2) is 5.65 Å². The topological polar surface area (TPSA) is 84.6 Å². The quantitative estimate of drug-likeness (QED) is 0.591. The van der Waals surface area contributed by atoms with Crippen molar-refractivity contribution in [2.45, 2.75) is 25.4 Å². The lowest BCUT2D eigenvalue weighted by atomic mass is 10.1. The van der Waals surface area contributed by atoms with Crippen molar-refractivity contribution in [1.29, 1.82) is 0 Å². The van der Waals surface area contributed by atoms with Crippen molar-refractivity contribution in [2.75, 3.05) is 6.54 Å². The van der Waals surface area contributed by atoms with Gasteiger partial charge < -0.3 is 4.98 Å². The predicted molar refractivity (Wildman–Crippen MR) is 105 cm³/mol. The number of fused-ring (bicyclic) bond motifs is 1. The molecule has 1 fully saturated rings. The summed E-state index contributed by atoms with van der Waals surface area (Å²) in [6.07, 6.45) is 7.76. The van der Waals surface area contributed by atoms with Crippen LogP contribution in [0.4, 0.5) is 0 Å². The molecule has 0 saturated carbocycles. The number of aromatic nitrogens is 6. The minimum absolute atomic E-state index is 0.153. The summed E-state index contributed by atoms with van der Waals surface area (Å²) in [4.78, 5) is 22.6. The first kappa shape index (κ1) is 16.9. The van der Waals surface area contributed by atoms with Crippen LogP contribution >= 0.6 is 0 Å². The molecule has 3 aromatic heterocycles. The highest BCUT2D eigenvalue weighted by atomic mass is 16.1. The number of nitrogens with zero attached hydrogens (tertiary/aromatic N) is 6. The standard InChI is InChI=1S/C20H21N7O/c1-25-12-14(10-21-25)17-8-5-9-26(17)13-18-23-19-16(20(28)24-18)11-22-27(19)15-6-3-2-4-7-15/h2-4,6-7,10-12,17H,5,8-9,13H2,1H3,(H,23,24,28). The Bertz CT molecular complexity index is 1170. The molecule has 1 atom stereocenters. The van der Waals surface area contributed by atoms with E-state index in [4.69, 9.17) is 4.98 Å². The molecule has 1 saturated heterocycles. The van der Waals surface area contributed by atoms with Crippen LogP contribution in [0.25, 0.3) is 16.7 Å². The normalized spacial score (nSPS) is 17.5. The summed E-state index contributed by atoms with van der Waals surface area (Å²) in [5.41, 5.74) is 2.52. The Morgan fingerprint density at radius 3 is 2.82 bits per heavy atom. The summed E-state index contributed by atoms with van der Waals surface area (Å²) < 4.78 is 3.55. The molecule has 4 aromatic rings. The summed E-state index contributed by atoms with van der Waals surface area (Å²) >= 11 is 0. The van der Waals surface area contributed by atoms with Crippen LogP contribution in [0.3, 0.4) is 0 Å². The van der Waals surface area contributed by atoms with E-state index in [1.807, 2.05) is 48.3 Å². The molecule has 8 nitrogen and oxygen atoms in total. The Hall–Kier alpha value is -3.26. The van der Waals surface area contributed by atoms with Crippen molar-refractivity contribution >= 4 is 11.0 Å². The van der Waals surface area contributed by atoms with Gasteiger partial charge in [0.05, 0.1) is 24.6 Å². The first-order valence-corrected chi connectivity index (χ1v) is 9.44. The Labute approximate surface area is 161 Å². The fraction of sp³-hybridized carbons (Fsp3) is 0.300. The maximum Gasteiger partial charge on any atom is 0.262 e. The van der Waals surface area contributed by atoms with Gasteiger partial charge >= 0.3 is 0 Å². The minimum atomic E-state index is -0.153. The van der Waals surface area contributed by atoms with Gasteiger partial charge in [-0.15, -0.1) is 0 Å². The molecule has 0 amide bonds. The molecule has 1 N–H and O–H groups in total. The third-order valence-corrected chi connectivity index (χ3v) is 5.31. The molecule has 1 aromatic carbocycles. The molecule has 4 heterocycles. The molecule has 1 aliphatic rings. The monoisotopic (exact) mass is 375 g/mol. The Balaban J connectivity index is 1.50. The predicted octanol–water partition coefficient (Wildman–Crippen LogP) is 2.18. The smallest absolute Gasteiger partial charge is 0.262 e. The lowest BCUT2D eigenvalue weighted by Gasteiger charge is -2.22. The molecule has 0 spiro atoms. The number of para-hydroxylation sites is 1. The average molecular weight is 375 g/mol. The molecular weight excluding hydrogens is 354 g/mol. The van der Waals surface area contributed by atoms with Gasteiger partial charge in [-0.25, -0.2) is 9.67 Å². The van der Waals surface area contributed by atoms with Gasteiger partial charge in [0.25, 0.3) is 5.56 Å². The lowest BCUT2D eigenvalue weighted by molar-refractivity contribution is 0.242. The molecule has 0 aliphatic carbocycles. The Morgan fingerprint density at radius 2 is 2.04 bits per heavy atom. The van der Waals surface area contributed by atoms with Crippen LogP contribution < -0.4 is 5.56 Å². The van der Waals surface area contributed by atoms with Gasteiger partial charge in [0, 0.05) is 24.8 Å². The van der Waals surface area contributed by atoms with Gasteiger partial charge in [-0.3, -0.25) is 14.4 Å². The van der Waals surface area contributed by atoms with Crippen LogP contribution in [-0.2, 0) is 13.6 Å². The van der Waals surface area contributed by atoms with E-state index in [-0.39, 0.29) is 5.56 Å². The van der Waals surface area contributed by atoms with Gasteiger partial charge in [-0.05, 0) is 31.5 Å².